The Bertz CT molecular complexity index is 677. The van der Waals surface area contributed by atoms with Gasteiger partial charge in [0.2, 0.25) is 0 Å². The monoisotopic (exact) mass is 355 g/mol. The number of halogens is 3. The number of nitrogens with one attached hydrogen (secondary N) is 1. The first-order valence-corrected chi connectivity index (χ1v) is 7.85. The first-order valence-electron chi connectivity index (χ1n) is 7.09. The standard InChI is InChI=1S/C17H16Cl2FNO2/c1-11(23-16-7-4-13(18)10-15(16)19)17(22)21-9-8-12-2-5-14(20)6-3-12/h2-7,10-11H,8-9H2,1H3,(H,21,22). The molecule has 0 aliphatic carbocycles. The van der Waals surface area contributed by atoms with Gasteiger partial charge in [-0.25, -0.2) is 4.39 Å². The predicted octanol–water partition coefficient (Wildman–Crippen LogP) is 4.26. The quantitative estimate of drug-likeness (QED) is 0.840. The van der Waals surface area contributed by atoms with Crippen LogP contribution >= 0.6 is 23.2 Å². The van der Waals surface area contributed by atoms with Crippen LogP contribution in [-0.4, -0.2) is 18.6 Å². The summed E-state index contributed by atoms with van der Waals surface area (Å²) < 4.78 is 18.3. The molecule has 0 aromatic heterocycles. The van der Waals surface area contributed by atoms with Gasteiger partial charge in [0.25, 0.3) is 5.91 Å². The third kappa shape index (κ3) is 5.41. The van der Waals surface area contributed by atoms with E-state index in [-0.39, 0.29) is 11.7 Å². The van der Waals surface area contributed by atoms with Crippen molar-refractivity contribution in [1.29, 1.82) is 0 Å². The Morgan fingerprint density at radius 2 is 1.91 bits per heavy atom. The zero-order valence-electron chi connectivity index (χ0n) is 12.5. The molecule has 6 heteroatoms. The Morgan fingerprint density at radius 3 is 2.57 bits per heavy atom. The molecule has 1 atom stereocenters. The molecule has 0 saturated heterocycles. The van der Waals surface area contributed by atoms with Gasteiger partial charge < -0.3 is 10.1 Å². The lowest BCUT2D eigenvalue weighted by atomic mass is 10.1. The van der Waals surface area contributed by atoms with Crippen LogP contribution in [0.5, 0.6) is 5.75 Å². The number of rotatable bonds is 6. The van der Waals surface area contributed by atoms with E-state index in [0.717, 1.165) is 5.56 Å². The van der Waals surface area contributed by atoms with Gasteiger partial charge in [-0.15, -0.1) is 0 Å². The lowest BCUT2D eigenvalue weighted by molar-refractivity contribution is -0.127. The van der Waals surface area contributed by atoms with Crippen molar-refractivity contribution in [1.82, 2.24) is 5.32 Å². The van der Waals surface area contributed by atoms with Gasteiger partial charge >= 0.3 is 0 Å². The van der Waals surface area contributed by atoms with Crippen LogP contribution in [0.3, 0.4) is 0 Å². The predicted molar refractivity (Wildman–Crippen MR) is 89.7 cm³/mol. The smallest absolute Gasteiger partial charge is 0.260 e. The van der Waals surface area contributed by atoms with Crippen molar-refractivity contribution in [3.8, 4) is 5.75 Å². The largest absolute Gasteiger partial charge is 0.479 e. The van der Waals surface area contributed by atoms with Gasteiger partial charge in [-0.1, -0.05) is 35.3 Å². The molecule has 1 amide bonds. The van der Waals surface area contributed by atoms with Crippen molar-refractivity contribution in [3.05, 3.63) is 63.9 Å². The first-order chi connectivity index (χ1) is 11.0. The number of carbonyl (C=O) groups is 1. The molecule has 0 fully saturated rings. The topological polar surface area (TPSA) is 38.3 Å². The van der Waals surface area contributed by atoms with Gasteiger partial charge in [-0.2, -0.15) is 0 Å². The van der Waals surface area contributed by atoms with Gasteiger partial charge in [0, 0.05) is 11.6 Å². The molecule has 23 heavy (non-hydrogen) atoms. The summed E-state index contributed by atoms with van der Waals surface area (Å²) in [5, 5.41) is 3.62. The van der Waals surface area contributed by atoms with Crippen LogP contribution < -0.4 is 10.1 Å². The van der Waals surface area contributed by atoms with Gasteiger partial charge in [0.1, 0.15) is 11.6 Å². The molecular formula is C17H16Cl2FNO2. The van der Waals surface area contributed by atoms with Crippen molar-refractivity contribution >= 4 is 29.1 Å². The van der Waals surface area contributed by atoms with Gasteiger partial charge in [-0.3, -0.25) is 4.79 Å². The van der Waals surface area contributed by atoms with Crippen molar-refractivity contribution in [3.63, 3.8) is 0 Å². The molecule has 3 nitrogen and oxygen atoms in total. The summed E-state index contributed by atoms with van der Waals surface area (Å²) in [6, 6.07) is 11.0. The van der Waals surface area contributed by atoms with Gasteiger partial charge in [0.15, 0.2) is 6.10 Å². The summed E-state index contributed by atoms with van der Waals surface area (Å²) in [4.78, 5) is 12.0. The molecule has 122 valence electrons. The minimum Gasteiger partial charge on any atom is -0.479 e. The molecule has 1 N–H and O–H groups in total. The Morgan fingerprint density at radius 1 is 1.22 bits per heavy atom. The van der Waals surface area contributed by atoms with Crippen LogP contribution in [0.25, 0.3) is 0 Å². The van der Waals surface area contributed by atoms with Crippen molar-refractivity contribution < 1.29 is 13.9 Å². The van der Waals surface area contributed by atoms with Crippen molar-refractivity contribution in [2.24, 2.45) is 0 Å². The zero-order chi connectivity index (χ0) is 16.8. The Kier molecular flexibility index (Phi) is 6.25. The molecule has 1 unspecified atom stereocenters. The summed E-state index contributed by atoms with van der Waals surface area (Å²) in [6.45, 7) is 2.07. The Balaban J connectivity index is 1.81. The summed E-state index contributed by atoms with van der Waals surface area (Å²) >= 11 is 11.8. The minimum atomic E-state index is -0.693. The average molecular weight is 356 g/mol. The molecule has 2 rings (SSSR count). The van der Waals surface area contributed by atoms with E-state index in [1.165, 1.54) is 12.1 Å². The fraction of sp³-hybridized carbons (Fsp3) is 0.235. The van der Waals surface area contributed by atoms with E-state index in [4.69, 9.17) is 27.9 Å². The zero-order valence-corrected chi connectivity index (χ0v) is 14.0. The van der Waals surface area contributed by atoms with E-state index >= 15 is 0 Å². The first kappa shape index (κ1) is 17.6. The highest BCUT2D eigenvalue weighted by molar-refractivity contribution is 6.35. The maximum absolute atomic E-state index is 12.8. The summed E-state index contributed by atoms with van der Waals surface area (Å²) in [7, 11) is 0. The third-order valence-electron chi connectivity index (χ3n) is 3.19. The van der Waals surface area contributed by atoms with Crippen LogP contribution in [-0.2, 0) is 11.2 Å². The summed E-state index contributed by atoms with van der Waals surface area (Å²) in [5.74, 6) is -0.130. The second-order valence-corrected chi connectivity index (χ2v) is 5.85. The highest BCUT2D eigenvalue weighted by Gasteiger charge is 2.15. The van der Waals surface area contributed by atoms with Crippen LogP contribution in [0.15, 0.2) is 42.5 Å². The maximum Gasteiger partial charge on any atom is 0.260 e. The minimum absolute atomic E-state index is 0.252. The van der Waals surface area contributed by atoms with Crippen LogP contribution in [0, 0.1) is 5.82 Å². The van der Waals surface area contributed by atoms with Gasteiger partial charge in [0.05, 0.1) is 5.02 Å². The van der Waals surface area contributed by atoms with E-state index in [0.29, 0.717) is 28.8 Å². The number of carbonyl (C=O) groups excluding carboxylic acids is 1. The maximum atomic E-state index is 12.8. The lowest BCUT2D eigenvalue weighted by Gasteiger charge is -2.15. The number of hydrogen-bond acceptors (Lipinski definition) is 2. The lowest BCUT2D eigenvalue weighted by Crippen LogP contribution is -2.37. The molecular weight excluding hydrogens is 340 g/mol. The van der Waals surface area contributed by atoms with E-state index in [1.54, 1.807) is 37.3 Å². The van der Waals surface area contributed by atoms with Crippen molar-refractivity contribution in [2.75, 3.05) is 6.54 Å². The van der Waals surface area contributed by atoms with Gasteiger partial charge in [-0.05, 0) is 49.2 Å². The molecule has 0 spiro atoms. The highest BCUT2D eigenvalue weighted by atomic mass is 35.5. The Hall–Kier alpha value is -1.78. The van der Waals surface area contributed by atoms with Crippen LogP contribution in [0.2, 0.25) is 10.0 Å². The van der Waals surface area contributed by atoms with E-state index < -0.39 is 6.10 Å². The normalized spacial score (nSPS) is 11.8. The van der Waals surface area contributed by atoms with E-state index in [2.05, 4.69) is 5.32 Å². The van der Waals surface area contributed by atoms with Crippen LogP contribution in [0.4, 0.5) is 4.39 Å². The Labute approximate surface area is 144 Å². The van der Waals surface area contributed by atoms with Crippen LogP contribution in [0.1, 0.15) is 12.5 Å². The molecule has 0 radical (unpaired) electrons. The summed E-state index contributed by atoms with van der Waals surface area (Å²) in [5.41, 5.74) is 0.945. The number of benzene rings is 2. The molecule has 0 heterocycles. The SMILES string of the molecule is CC(Oc1ccc(Cl)cc1Cl)C(=O)NCCc1ccc(F)cc1. The second kappa shape index (κ2) is 8.18. The fourth-order valence-corrected chi connectivity index (χ4v) is 2.39. The second-order valence-electron chi connectivity index (χ2n) is 5.00. The molecule has 2 aromatic carbocycles. The molecule has 2 aromatic rings. The van der Waals surface area contributed by atoms with Crippen molar-refractivity contribution in [2.45, 2.75) is 19.4 Å². The average Bonchev–Trinajstić information content (AvgIpc) is 2.51. The van der Waals surface area contributed by atoms with E-state index in [9.17, 15) is 9.18 Å². The number of hydrogen-bond donors (Lipinski definition) is 1. The highest BCUT2D eigenvalue weighted by Crippen LogP contribution is 2.28. The number of ether oxygens (including phenoxy) is 1. The van der Waals surface area contributed by atoms with E-state index in [1.807, 2.05) is 0 Å². The summed E-state index contributed by atoms with van der Waals surface area (Å²) in [6.07, 6.45) is -0.0811. The number of amides is 1. The molecule has 0 aliphatic rings. The fourth-order valence-electron chi connectivity index (χ4n) is 1.94. The molecule has 0 aliphatic heterocycles. The third-order valence-corrected chi connectivity index (χ3v) is 3.72. The molecule has 0 bridgehead atoms. The molecule has 0 saturated carbocycles.